The number of benzene rings is 3. The third-order valence-corrected chi connectivity index (χ3v) is 15.6. The largest absolute Gasteiger partial charge is 0.508 e. The lowest BCUT2D eigenvalue weighted by Crippen LogP contribution is -2.33. The fourth-order valence-corrected chi connectivity index (χ4v) is 10.7. The van der Waals surface area contributed by atoms with Crippen LogP contribution in [0.15, 0.2) is 63.8 Å². The van der Waals surface area contributed by atoms with Crippen molar-refractivity contribution < 1.29 is 72.6 Å². The summed E-state index contributed by atoms with van der Waals surface area (Å²) in [6.07, 6.45) is 10.5. The summed E-state index contributed by atoms with van der Waals surface area (Å²) in [5.41, 5.74) is 7.32. The van der Waals surface area contributed by atoms with Gasteiger partial charge >= 0.3 is 5.97 Å². The van der Waals surface area contributed by atoms with E-state index >= 15 is 0 Å². The van der Waals surface area contributed by atoms with Gasteiger partial charge in [-0.3, -0.25) is 14.4 Å². The Balaban J connectivity index is 0.000000712. The normalized spacial score (nSPS) is 15.2. The van der Waals surface area contributed by atoms with Gasteiger partial charge in [0.15, 0.2) is 10.5 Å². The van der Waals surface area contributed by atoms with Gasteiger partial charge in [-0.15, -0.1) is 0 Å². The number of anilines is 1. The number of rotatable bonds is 40. The van der Waals surface area contributed by atoms with E-state index in [9.17, 15) is 29.4 Å². The number of nitrogens with zero attached hydrogens (tertiary/aromatic N) is 4. The van der Waals surface area contributed by atoms with Crippen LogP contribution in [0.5, 0.6) is 5.75 Å². The molecule has 0 unspecified atom stereocenters. The van der Waals surface area contributed by atoms with Crippen LogP contribution in [0.4, 0.5) is 5.69 Å². The number of nitrogens with two attached hydrogens (primary N) is 1. The maximum atomic E-state index is 12.4. The molecule has 6 aliphatic rings. The Morgan fingerprint density at radius 3 is 1.40 bits per heavy atom. The molecule has 0 radical (unpaired) electrons. The predicted octanol–water partition coefficient (Wildman–Crippen LogP) is 5.14. The van der Waals surface area contributed by atoms with E-state index in [1.807, 2.05) is 7.05 Å². The molecular weight excluding hydrogens is 1200 g/mol. The van der Waals surface area contributed by atoms with E-state index in [1.165, 1.54) is 128 Å². The maximum Gasteiger partial charge on any atom is 0.336 e. The van der Waals surface area contributed by atoms with Gasteiger partial charge in [-0.1, -0.05) is 6.07 Å². The first kappa shape index (κ1) is 77.2. The summed E-state index contributed by atoms with van der Waals surface area (Å²) in [7, 11) is 1.93. The molecule has 2 aromatic rings. The summed E-state index contributed by atoms with van der Waals surface area (Å²) in [5, 5.41) is 35.5. The second-order valence-corrected chi connectivity index (χ2v) is 22.9. The van der Waals surface area contributed by atoms with Crippen LogP contribution in [-0.4, -0.2) is 277 Å². The van der Waals surface area contributed by atoms with Gasteiger partial charge in [0.05, 0.1) is 118 Å². The van der Waals surface area contributed by atoms with Crippen molar-refractivity contribution in [1.82, 2.24) is 40.9 Å². The van der Waals surface area contributed by atoms with Gasteiger partial charge in [0.25, 0.3) is 0 Å². The topological polar surface area (TPSA) is 295 Å². The predicted molar refractivity (Wildman–Crippen MR) is 370 cm³/mol. The molecular formula is C66H114N10O15S. The summed E-state index contributed by atoms with van der Waals surface area (Å²) in [5.74, 6) is -1.03. The first-order valence-corrected chi connectivity index (χ1v) is 33.3. The molecule has 5 heterocycles. The van der Waals surface area contributed by atoms with Crippen LogP contribution in [-0.2, 0) is 47.5 Å². The van der Waals surface area contributed by atoms with Gasteiger partial charge in [0, 0.05) is 99.3 Å². The van der Waals surface area contributed by atoms with Gasteiger partial charge in [-0.2, -0.15) is 0 Å². The number of carbonyl (C=O) groups is 3. The fourth-order valence-electron chi connectivity index (χ4n) is 10.5. The van der Waals surface area contributed by atoms with Crippen molar-refractivity contribution >= 4 is 51.8 Å². The van der Waals surface area contributed by atoms with Crippen molar-refractivity contribution in [3.05, 3.63) is 70.4 Å². The molecule has 0 atom stereocenters. The molecule has 4 fully saturated rings. The molecule has 0 saturated carbocycles. The third-order valence-electron chi connectivity index (χ3n) is 15.3. The molecule has 25 nitrogen and oxygen atoms in total. The summed E-state index contributed by atoms with van der Waals surface area (Å²) in [6, 6.07) is 13.9. The summed E-state index contributed by atoms with van der Waals surface area (Å²) < 4.78 is 49.5. The van der Waals surface area contributed by atoms with Crippen LogP contribution in [0, 0.1) is 0 Å². The van der Waals surface area contributed by atoms with Crippen LogP contribution in [0.1, 0.15) is 74.4 Å². The number of thiocarbonyl (C=S) groups is 1. The number of fused-ring (bicyclic) bond motifs is 2. The third kappa shape index (κ3) is 33.0. The van der Waals surface area contributed by atoms with Crippen molar-refractivity contribution in [2.75, 3.05) is 229 Å². The molecule has 0 spiro atoms. The Bertz CT molecular complexity index is 2710. The van der Waals surface area contributed by atoms with E-state index in [0.717, 1.165) is 78.8 Å². The van der Waals surface area contributed by atoms with Gasteiger partial charge in [-0.25, -0.2) is 4.79 Å². The first-order valence-electron chi connectivity index (χ1n) is 32.9. The number of aromatic hydroxyl groups is 1. The van der Waals surface area contributed by atoms with Crippen LogP contribution in [0.25, 0.3) is 33.4 Å². The second-order valence-electron chi connectivity index (χ2n) is 22.5. The minimum absolute atomic E-state index is 0. The number of ether oxygens (including phenoxy) is 8. The van der Waals surface area contributed by atoms with Crippen molar-refractivity contribution in [3.8, 4) is 28.2 Å². The lowest BCUT2D eigenvalue weighted by molar-refractivity contribution is -0.120. The molecule has 92 heavy (non-hydrogen) atoms. The Kier molecular flexibility index (Phi) is 40.4. The van der Waals surface area contributed by atoms with Gasteiger partial charge in [-0.05, 0) is 165 Å². The molecule has 0 bridgehead atoms. The van der Waals surface area contributed by atoms with E-state index in [0.29, 0.717) is 131 Å². The van der Waals surface area contributed by atoms with E-state index < -0.39 is 5.97 Å². The van der Waals surface area contributed by atoms with E-state index in [-0.39, 0.29) is 46.6 Å². The van der Waals surface area contributed by atoms with Gasteiger partial charge in [0.1, 0.15) is 17.1 Å². The second kappa shape index (κ2) is 48.2. The molecule has 26 heteroatoms. The van der Waals surface area contributed by atoms with Crippen LogP contribution in [0.2, 0.25) is 0 Å². The zero-order chi connectivity index (χ0) is 65.6. The molecule has 2 aromatic carbocycles. The van der Waals surface area contributed by atoms with E-state index in [4.69, 9.17) is 60.3 Å². The molecule has 1 aliphatic carbocycles. The average molecular weight is 1330 g/mol. The quantitative estimate of drug-likeness (QED) is 0.0162. The first-order chi connectivity index (χ1) is 44.9. The smallest absolute Gasteiger partial charge is 0.336 e. The Morgan fingerprint density at radius 1 is 0.543 bits per heavy atom. The molecule has 0 aromatic heterocycles. The van der Waals surface area contributed by atoms with Gasteiger partial charge < -0.3 is 104 Å². The lowest BCUT2D eigenvalue weighted by atomic mass is 9.90. The number of carboxylic acid groups (broad SMARTS) is 1. The fraction of sp³-hybridized carbons (Fsp3) is 0.652. The number of phenolic OH excluding ortho intramolecular Hbond substituents is 1. The zero-order valence-electron chi connectivity index (χ0n) is 54.7. The number of amides is 2. The van der Waals surface area contributed by atoms with Crippen molar-refractivity contribution in [3.63, 3.8) is 0 Å². The summed E-state index contributed by atoms with van der Waals surface area (Å²) >= 11 is 5.39. The highest BCUT2D eigenvalue weighted by Gasteiger charge is 2.23. The molecule has 2 amide bonds. The van der Waals surface area contributed by atoms with Crippen LogP contribution in [0.3, 0.4) is 0 Å². The van der Waals surface area contributed by atoms with Crippen molar-refractivity contribution in [1.29, 1.82) is 0 Å². The minimum Gasteiger partial charge on any atom is -0.508 e. The SMILES string of the molecule is CC(=O)NCCOCCOCCN1CCCC1.CNCCOCCOCCN1CCCC1.NCC(=O)NCCOCCOCCN1CCCC1.O=C(O)c1cc(NC(=S)NCCOCCOCCN2CCCC2)ccc1-c1c2ccc(=O)cc-2oc2cc(O)ccc12.[3HH].[3HH].[3HH].[3HH]. The number of phenols is 1. The Morgan fingerprint density at radius 2 is 0.967 bits per heavy atom. The minimum atomic E-state index is -1.13. The highest BCUT2D eigenvalue weighted by atomic mass is 32.1. The number of likely N-dealkylation sites (tertiary alicyclic amines) is 4. The maximum absolute atomic E-state index is 12.4. The summed E-state index contributed by atoms with van der Waals surface area (Å²) in [6.45, 7) is 28.0. The van der Waals surface area contributed by atoms with E-state index in [2.05, 4.69) is 46.2 Å². The number of aromatic carboxylic acids is 1. The van der Waals surface area contributed by atoms with Crippen molar-refractivity contribution in [2.24, 2.45) is 5.73 Å². The monoisotopic (exact) mass is 1330 g/mol. The summed E-state index contributed by atoms with van der Waals surface area (Å²) in [4.78, 5) is 55.5. The molecule has 9 N–H and O–H groups in total. The highest BCUT2D eigenvalue weighted by molar-refractivity contribution is 7.80. The van der Waals surface area contributed by atoms with Crippen LogP contribution < -0.4 is 37.7 Å². The number of nitrogens with one attached hydrogen (secondary N) is 5. The van der Waals surface area contributed by atoms with E-state index in [1.54, 1.807) is 24.3 Å². The molecule has 8 rings (SSSR count). The molecule has 5 aliphatic heterocycles. The average Bonchev–Trinajstić information content (AvgIpc) is 0.920. The number of hydrogen-bond acceptors (Lipinski definition) is 21. The number of carbonyl (C=O) groups excluding carboxylic acids is 2. The number of hydrogen-bond donors (Lipinski definition) is 8. The zero-order valence-corrected chi connectivity index (χ0v) is 55.5. The van der Waals surface area contributed by atoms with Crippen molar-refractivity contribution in [2.45, 2.75) is 58.3 Å². The molecule has 524 valence electrons. The number of carboxylic acids is 1. The molecule has 4 saturated heterocycles. The Labute approximate surface area is 555 Å². The lowest BCUT2D eigenvalue weighted by Gasteiger charge is -2.18. The van der Waals surface area contributed by atoms with Gasteiger partial charge in [0.2, 0.25) is 11.8 Å². The standard InChI is InChI=1S/C31H33N3O7S.C12H25N3O3.C12H24N2O3.C11H24N2O2.4H2/c35-21-4-7-24-27(18-21)41-28-19-22(36)5-8-25(28)29(24)23-6-3-20(17-26(23)30(37)38)33-31(42)32-9-13-39-15-16-40-14-12-34-10-1-2-11-34;13-11-12(16)14-3-7-17-9-10-18-8-6-15-4-1-2-5-15;1-12(15)13-4-8-16-10-11-17-9-7-14-5-2-3-6-14;1-12-4-8-14-10-11-15-9-7-13-5-2-3-6-13;;;;/h3-8,17-19,35H,1-2,9-16H2,(H,37,38)(H2,32,33,42);1-11,13H2,(H,14,16);2-11H2,1H3,(H,13,15);12H,2-11H2,1H3;4*1H/i;;;;4*1+2. The van der Waals surface area contributed by atoms with Crippen LogP contribution >= 0.6 is 12.2 Å². The Hall–Kier alpha value is -5.53. The highest BCUT2D eigenvalue weighted by Crippen LogP contribution is 2.42. The number of likely N-dealkylation sites (N-methyl/N-ethyl adjacent to an activating group) is 1.